The molecule has 120 valence electrons. The Kier molecular flexibility index (Phi) is 3.88. The standard InChI is InChI=1S/C22H21NO/c24-22(20-7-3-1-4-8-20,21-9-5-2-6-10-21)14-11-19-17-23-15-12-18(19)13-16-23/h1-10,17-18,24H,12-13,15-16H2. The normalized spacial score (nSPS) is 17.2. The van der Waals surface area contributed by atoms with Crippen molar-refractivity contribution in [1.82, 2.24) is 4.90 Å². The third-order valence-corrected chi connectivity index (χ3v) is 5.06. The number of piperidine rings is 1. The van der Waals surface area contributed by atoms with Crippen molar-refractivity contribution in [3.8, 4) is 11.8 Å². The van der Waals surface area contributed by atoms with Gasteiger partial charge in [0.15, 0.2) is 5.60 Å². The summed E-state index contributed by atoms with van der Waals surface area (Å²) >= 11 is 0. The molecule has 0 aliphatic carbocycles. The van der Waals surface area contributed by atoms with E-state index in [4.69, 9.17) is 0 Å². The Morgan fingerprint density at radius 3 is 1.88 bits per heavy atom. The molecule has 0 saturated carbocycles. The molecule has 3 heterocycles. The van der Waals surface area contributed by atoms with Crippen LogP contribution in [0.2, 0.25) is 0 Å². The molecule has 3 aliphatic heterocycles. The van der Waals surface area contributed by atoms with E-state index in [0.717, 1.165) is 29.8 Å². The topological polar surface area (TPSA) is 23.5 Å². The molecule has 0 aromatic heterocycles. The number of fused-ring (bicyclic) bond motifs is 2. The molecular weight excluding hydrogens is 294 g/mol. The maximum absolute atomic E-state index is 11.4. The number of aliphatic hydroxyl groups is 1. The fraction of sp³-hybridized carbons (Fsp3) is 0.273. The van der Waals surface area contributed by atoms with Gasteiger partial charge in [-0.15, -0.1) is 0 Å². The SMILES string of the molecule is OC(C#CC1=CN2CCC1CC2)(c1ccccc1)c1ccccc1. The number of hydrogen-bond acceptors (Lipinski definition) is 2. The summed E-state index contributed by atoms with van der Waals surface area (Å²) < 4.78 is 0. The first-order valence-electron chi connectivity index (χ1n) is 8.58. The van der Waals surface area contributed by atoms with Gasteiger partial charge in [-0.25, -0.2) is 0 Å². The summed E-state index contributed by atoms with van der Waals surface area (Å²) in [5.41, 5.74) is 1.50. The molecule has 2 heteroatoms. The lowest BCUT2D eigenvalue weighted by Crippen LogP contribution is -2.35. The zero-order valence-electron chi connectivity index (χ0n) is 13.7. The zero-order chi connectivity index (χ0) is 16.4. The van der Waals surface area contributed by atoms with Gasteiger partial charge in [-0.05, 0) is 18.8 Å². The van der Waals surface area contributed by atoms with Gasteiger partial charge in [0.05, 0.1) is 0 Å². The van der Waals surface area contributed by atoms with Crippen molar-refractivity contribution < 1.29 is 5.11 Å². The molecule has 3 aliphatic rings. The van der Waals surface area contributed by atoms with Crippen molar-refractivity contribution in [2.24, 2.45) is 5.92 Å². The van der Waals surface area contributed by atoms with Gasteiger partial charge >= 0.3 is 0 Å². The van der Waals surface area contributed by atoms with Gasteiger partial charge in [0.25, 0.3) is 0 Å². The van der Waals surface area contributed by atoms with Crippen LogP contribution in [0, 0.1) is 17.8 Å². The Balaban J connectivity index is 1.77. The minimum absolute atomic E-state index is 0.554. The van der Waals surface area contributed by atoms with Crippen LogP contribution in [0.1, 0.15) is 24.0 Å². The third-order valence-electron chi connectivity index (χ3n) is 5.06. The number of allylic oxidation sites excluding steroid dienone is 1. The molecule has 1 N–H and O–H groups in total. The van der Waals surface area contributed by atoms with E-state index < -0.39 is 5.60 Å². The summed E-state index contributed by atoms with van der Waals surface area (Å²) in [6, 6.07) is 19.4. The van der Waals surface area contributed by atoms with E-state index in [1.54, 1.807) is 0 Å². The van der Waals surface area contributed by atoms with E-state index in [1.807, 2.05) is 60.7 Å². The minimum atomic E-state index is -1.28. The molecule has 2 bridgehead atoms. The van der Waals surface area contributed by atoms with Crippen LogP contribution in [0.5, 0.6) is 0 Å². The molecule has 2 aromatic carbocycles. The second-order valence-corrected chi connectivity index (χ2v) is 6.59. The number of hydrogen-bond donors (Lipinski definition) is 1. The summed E-state index contributed by atoms with van der Waals surface area (Å²) in [6.07, 6.45) is 4.53. The Morgan fingerprint density at radius 1 is 0.875 bits per heavy atom. The second kappa shape index (κ2) is 6.19. The summed E-state index contributed by atoms with van der Waals surface area (Å²) in [4.78, 5) is 2.34. The van der Waals surface area contributed by atoms with Crippen molar-refractivity contribution in [3.05, 3.63) is 83.6 Å². The first kappa shape index (κ1) is 15.1. The maximum Gasteiger partial charge on any atom is 0.177 e. The molecule has 0 atom stereocenters. The first-order valence-corrected chi connectivity index (χ1v) is 8.58. The lowest BCUT2D eigenvalue weighted by Gasteiger charge is -2.37. The van der Waals surface area contributed by atoms with Gasteiger partial charge in [0.1, 0.15) is 0 Å². The first-order chi connectivity index (χ1) is 11.8. The van der Waals surface area contributed by atoms with Crippen LogP contribution in [0.25, 0.3) is 0 Å². The van der Waals surface area contributed by atoms with E-state index in [-0.39, 0.29) is 0 Å². The van der Waals surface area contributed by atoms with Crippen LogP contribution in [-0.2, 0) is 5.60 Å². The van der Waals surface area contributed by atoms with E-state index in [1.165, 1.54) is 12.8 Å². The van der Waals surface area contributed by atoms with Gasteiger partial charge in [0.2, 0.25) is 0 Å². The highest BCUT2D eigenvalue weighted by atomic mass is 16.3. The highest BCUT2D eigenvalue weighted by Crippen LogP contribution is 2.32. The van der Waals surface area contributed by atoms with Crippen LogP contribution >= 0.6 is 0 Å². The highest BCUT2D eigenvalue weighted by Gasteiger charge is 2.30. The Hall–Kier alpha value is -2.50. The Morgan fingerprint density at radius 2 is 1.42 bits per heavy atom. The quantitative estimate of drug-likeness (QED) is 0.857. The number of benzene rings is 2. The largest absolute Gasteiger partial charge is 0.377 e. The highest BCUT2D eigenvalue weighted by molar-refractivity contribution is 5.47. The lowest BCUT2D eigenvalue weighted by atomic mass is 9.83. The minimum Gasteiger partial charge on any atom is -0.377 e. The molecule has 0 unspecified atom stereocenters. The zero-order valence-corrected chi connectivity index (χ0v) is 13.7. The van der Waals surface area contributed by atoms with Crippen molar-refractivity contribution in [2.45, 2.75) is 18.4 Å². The number of nitrogens with zero attached hydrogens (tertiary/aromatic N) is 1. The Bertz CT molecular complexity index is 751. The van der Waals surface area contributed by atoms with Gasteiger partial charge < -0.3 is 10.0 Å². The molecule has 2 aromatic rings. The lowest BCUT2D eigenvalue weighted by molar-refractivity contribution is 0.145. The second-order valence-electron chi connectivity index (χ2n) is 6.59. The van der Waals surface area contributed by atoms with Gasteiger partial charge in [-0.1, -0.05) is 72.5 Å². The van der Waals surface area contributed by atoms with Gasteiger partial charge in [-0.3, -0.25) is 0 Å². The average molecular weight is 315 g/mol. The van der Waals surface area contributed by atoms with Crippen LogP contribution in [-0.4, -0.2) is 23.1 Å². The van der Waals surface area contributed by atoms with Crippen LogP contribution in [0.15, 0.2) is 72.4 Å². The van der Waals surface area contributed by atoms with Crippen molar-refractivity contribution >= 4 is 0 Å². The van der Waals surface area contributed by atoms with Crippen LogP contribution in [0.4, 0.5) is 0 Å². The monoisotopic (exact) mass is 315 g/mol. The number of rotatable bonds is 2. The van der Waals surface area contributed by atoms with E-state index in [9.17, 15) is 5.11 Å². The van der Waals surface area contributed by atoms with E-state index in [2.05, 4.69) is 22.9 Å². The molecule has 1 fully saturated rings. The van der Waals surface area contributed by atoms with Crippen molar-refractivity contribution in [2.75, 3.05) is 13.1 Å². The summed E-state index contributed by atoms with van der Waals surface area (Å²) in [5, 5.41) is 11.4. The van der Waals surface area contributed by atoms with Crippen molar-refractivity contribution in [3.63, 3.8) is 0 Å². The predicted molar refractivity (Wildman–Crippen MR) is 96.0 cm³/mol. The predicted octanol–water partition coefficient (Wildman–Crippen LogP) is 3.54. The molecule has 24 heavy (non-hydrogen) atoms. The molecule has 5 rings (SSSR count). The van der Waals surface area contributed by atoms with Gasteiger partial charge in [-0.2, -0.15) is 0 Å². The molecule has 0 spiro atoms. The summed E-state index contributed by atoms with van der Waals surface area (Å²) in [6.45, 7) is 2.27. The molecule has 2 nitrogen and oxygen atoms in total. The molecular formula is C22H21NO. The Labute approximate surface area is 143 Å². The van der Waals surface area contributed by atoms with Crippen molar-refractivity contribution in [1.29, 1.82) is 0 Å². The van der Waals surface area contributed by atoms with E-state index >= 15 is 0 Å². The fourth-order valence-corrected chi connectivity index (χ4v) is 3.61. The summed E-state index contributed by atoms with van der Waals surface area (Å²) in [5.74, 6) is 7.06. The third kappa shape index (κ3) is 2.72. The maximum atomic E-state index is 11.4. The van der Waals surface area contributed by atoms with Gasteiger partial charge in [0, 0.05) is 36.0 Å². The summed E-state index contributed by atoms with van der Waals surface area (Å²) in [7, 11) is 0. The fourth-order valence-electron chi connectivity index (χ4n) is 3.61. The molecule has 0 radical (unpaired) electrons. The van der Waals surface area contributed by atoms with Crippen LogP contribution in [0.3, 0.4) is 0 Å². The molecule has 1 saturated heterocycles. The van der Waals surface area contributed by atoms with E-state index in [0.29, 0.717) is 5.92 Å². The average Bonchev–Trinajstić information content (AvgIpc) is 2.68. The van der Waals surface area contributed by atoms with Crippen LogP contribution < -0.4 is 0 Å². The molecule has 0 amide bonds. The smallest absolute Gasteiger partial charge is 0.177 e.